The lowest BCUT2D eigenvalue weighted by Crippen LogP contribution is -2.31. The fourth-order valence-electron chi connectivity index (χ4n) is 3.98. The van der Waals surface area contributed by atoms with Crippen molar-refractivity contribution in [1.82, 2.24) is 0 Å². The molecule has 2 heteroatoms. The molecular weight excluding hydrogens is 296 g/mol. The Balaban J connectivity index is 2.06. The van der Waals surface area contributed by atoms with Crippen LogP contribution >= 0.6 is 0 Å². The van der Waals surface area contributed by atoms with Crippen LogP contribution in [0.15, 0.2) is 46.6 Å². The smallest absolute Gasteiger partial charge is 0.328 e. The van der Waals surface area contributed by atoms with Crippen LogP contribution in [0, 0.1) is 10.8 Å². The van der Waals surface area contributed by atoms with Crippen molar-refractivity contribution in [2.75, 3.05) is 0 Å². The zero-order chi connectivity index (χ0) is 18.0. The van der Waals surface area contributed by atoms with Crippen molar-refractivity contribution in [1.29, 1.82) is 0 Å². The molecule has 0 heterocycles. The van der Waals surface area contributed by atoms with Gasteiger partial charge in [0.25, 0.3) is 0 Å². The Bertz CT molecular complexity index is 624. The highest BCUT2D eigenvalue weighted by molar-refractivity contribution is 5.81. The van der Waals surface area contributed by atoms with Gasteiger partial charge in [-0.15, -0.1) is 0 Å². The van der Waals surface area contributed by atoms with Crippen LogP contribution in [0.2, 0.25) is 0 Å². The Labute approximate surface area is 147 Å². The summed E-state index contributed by atoms with van der Waals surface area (Å²) < 4.78 is 0. The fraction of sp³-hybridized carbons (Fsp3) is 0.591. The van der Waals surface area contributed by atoms with Gasteiger partial charge in [-0.1, -0.05) is 57.1 Å². The summed E-state index contributed by atoms with van der Waals surface area (Å²) in [6, 6.07) is 0. The van der Waals surface area contributed by atoms with Gasteiger partial charge in [0.2, 0.25) is 0 Å². The van der Waals surface area contributed by atoms with E-state index in [1.807, 2.05) is 13.0 Å². The second-order valence-corrected chi connectivity index (χ2v) is 8.63. The van der Waals surface area contributed by atoms with Crippen molar-refractivity contribution in [3.63, 3.8) is 0 Å². The molecule has 0 spiro atoms. The minimum absolute atomic E-state index is 0.299. The van der Waals surface area contributed by atoms with Gasteiger partial charge in [0.1, 0.15) is 0 Å². The zero-order valence-corrected chi connectivity index (χ0v) is 15.9. The van der Waals surface area contributed by atoms with E-state index in [0.717, 1.165) is 18.4 Å². The average Bonchev–Trinajstić information content (AvgIpc) is 2.48. The first kappa shape index (κ1) is 18.8. The Morgan fingerprint density at radius 2 is 1.83 bits per heavy atom. The van der Waals surface area contributed by atoms with Crippen LogP contribution in [0.25, 0.3) is 0 Å². The number of carboxylic acids is 1. The molecule has 0 aromatic heterocycles. The van der Waals surface area contributed by atoms with Gasteiger partial charge in [0, 0.05) is 6.08 Å². The first-order valence-electron chi connectivity index (χ1n) is 9.13. The largest absolute Gasteiger partial charge is 0.478 e. The van der Waals surface area contributed by atoms with E-state index < -0.39 is 5.97 Å². The maximum absolute atomic E-state index is 10.6. The van der Waals surface area contributed by atoms with Crippen molar-refractivity contribution in [2.45, 2.75) is 73.1 Å². The molecule has 2 aliphatic carbocycles. The quantitative estimate of drug-likeness (QED) is 0.480. The highest BCUT2D eigenvalue weighted by Crippen LogP contribution is 2.53. The molecule has 0 unspecified atom stereocenters. The molecule has 0 aromatic carbocycles. The predicted molar refractivity (Wildman–Crippen MR) is 101 cm³/mol. The summed E-state index contributed by atoms with van der Waals surface area (Å²) >= 11 is 0. The van der Waals surface area contributed by atoms with E-state index >= 15 is 0 Å². The van der Waals surface area contributed by atoms with E-state index in [9.17, 15) is 4.79 Å². The highest BCUT2D eigenvalue weighted by Gasteiger charge is 2.39. The third-order valence-corrected chi connectivity index (χ3v) is 5.65. The molecule has 0 amide bonds. The molecule has 0 bridgehead atoms. The number of hydrogen-bond donors (Lipinski definition) is 1. The van der Waals surface area contributed by atoms with Crippen LogP contribution in [-0.4, -0.2) is 11.1 Å². The Morgan fingerprint density at radius 1 is 1.17 bits per heavy atom. The summed E-state index contributed by atoms with van der Waals surface area (Å²) in [6.45, 7) is 11.4. The summed E-state index contributed by atoms with van der Waals surface area (Å²) in [5, 5.41) is 8.72. The summed E-state index contributed by atoms with van der Waals surface area (Å²) in [6.07, 6.45) is 14.7. The summed E-state index contributed by atoms with van der Waals surface area (Å²) in [5.74, 6) is -0.881. The van der Waals surface area contributed by atoms with Crippen LogP contribution in [-0.2, 0) is 4.79 Å². The van der Waals surface area contributed by atoms with Gasteiger partial charge in [0.05, 0.1) is 0 Å². The van der Waals surface area contributed by atoms with Gasteiger partial charge in [-0.05, 0) is 67.4 Å². The van der Waals surface area contributed by atoms with E-state index in [1.165, 1.54) is 31.8 Å². The highest BCUT2D eigenvalue weighted by atomic mass is 16.4. The lowest BCUT2D eigenvalue weighted by Gasteiger charge is -2.45. The first-order chi connectivity index (χ1) is 11.1. The van der Waals surface area contributed by atoms with Crippen LogP contribution < -0.4 is 0 Å². The van der Waals surface area contributed by atoms with E-state index in [4.69, 9.17) is 5.11 Å². The minimum Gasteiger partial charge on any atom is -0.478 e. The molecule has 132 valence electrons. The lowest BCUT2D eigenvalue weighted by atomic mass is 9.60. The molecule has 0 aromatic rings. The maximum atomic E-state index is 10.6. The van der Waals surface area contributed by atoms with E-state index in [2.05, 4.69) is 39.8 Å². The van der Waals surface area contributed by atoms with Crippen molar-refractivity contribution < 1.29 is 9.90 Å². The number of rotatable bonds is 5. The Kier molecular flexibility index (Phi) is 5.57. The van der Waals surface area contributed by atoms with Gasteiger partial charge in [0.15, 0.2) is 0 Å². The van der Waals surface area contributed by atoms with Crippen molar-refractivity contribution in [2.24, 2.45) is 10.8 Å². The van der Waals surface area contributed by atoms with Gasteiger partial charge < -0.3 is 5.11 Å². The number of aliphatic carboxylic acids is 1. The molecule has 0 radical (unpaired) electrons. The van der Waals surface area contributed by atoms with Gasteiger partial charge in [-0.3, -0.25) is 0 Å². The third-order valence-electron chi connectivity index (χ3n) is 5.65. The summed E-state index contributed by atoms with van der Waals surface area (Å²) in [7, 11) is 0. The normalized spacial score (nSPS) is 23.2. The number of carboxylic acid groups (broad SMARTS) is 1. The van der Waals surface area contributed by atoms with Gasteiger partial charge in [-0.2, -0.15) is 0 Å². The second kappa shape index (κ2) is 7.13. The molecular formula is C22H32O2. The fourth-order valence-corrected chi connectivity index (χ4v) is 3.98. The van der Waals surface area contributed by atoms with Crippen LogP contribution in [0.4, 0.5) is 0 Å². The van der Waals surface area contributed by atoms with Crippen LogP contribution in [0.1, 0.15) is 73.1 Å². The standard InChI is InChI=1S/C22H32O2/c1-16(14-20(23)24)8-6-7-9-17-10-11-18-19(15-17)22(4,5)13-12-21(18,2)3/h6,8,14-15H,7,9-13H2,1-5H3,(H,23,24)/b8-6+,16-14-. The average molecular weight is 328 g/mol. The van der Waals surface area contributed by atoms with Crippen LogP contribution in [0.5, 0.6) is 0 Å². The van der Waals surface area contributed by atoms with Crippen molar-refractivity contribution >= 4 is 5.97 Å². The number of carbonyl (C=O) groups is 1. The zero-order valence-electron chi connectivity index (χ0n) is 15.9. The molecule has 2 aliphatic rings. The predicted octanol–water partition coefficient (Wildman–Crippen LogP) is 6.22. The molecule has 0 saturated carbocycles. The van der Waals surface area contributed by atoms with Crippen molar-refractivity contribution in [3.05, 3.63) is 46.6 Å². The van der Waals surface area contributed by atoms with E-state index in [1.54, 1.807) is 16.7 Å². The summed E-state index contributed by atoms with van der Waals surface area (Å²) in [5.41, 5.74) is 6.26. The third kappa shape index (κ3) is 4.49. The number of allylic oxidation sites excluding steroid dienone is 7. The van der Waals surface area contributed by atoms with Gasteiger partial charge >= 0.3 is 5.97 Å². The molecule has 24 heavy (non-hydrogen) atoms. The molecule has 2 nitrogen and oxygen atoms in total. The van der Waals surface area contributed by atoms with E-state index in [-0.39, 0.29) is 0 Å². The topological polar surface area (TPSA) is 37.3 Å². The molecule has 0 saturated heterocycles. The molecule has 2 rings (SSSR count). The monoisotopic (exact) mass is 328 g/mol. The molecule has 0 fully saturated rings. The SMILES string of the molecule is CC(=C/C(=O)O)/C=C/CCC1=CC2=C(CC1)C(C)(C)CCC2(C)C. The van der Waals surface area contributed by atoms with E-state index in [0.29, 0.717) is 10.8 Å². The summed E-state index contributed by atoms with van der Waals surface area (Å²) in [4.78, 5) is 10.6. The molecule has 0 aliphatic heterocycles. The molecule has 1 N–H and O–H groups in total. The Morgan fingerprint density at radius 3 is 2.50 bits per heavy atom. The van der Waals surface area contributed by atoms with Gasteiger partial charge in [-0.25, -0.2) is 4.79 Å². The van der Waals surface area contributed by atoms with Crippen LogP contribution in [0.3, 0.4) is 0 Å². The number of hydrogen-bond acceptors (Lipinski definition) is 1. The lowest BCUT2D eigenvalue weighted by molar-refractivity contribution is -0.131. The second-order valence-electron chi connectivity index (χ2n) is 8.63. The molecule has 0 atom stereocenters. The first-order valence-corrected chi connectivity index (χ1v) is 9.13. The van der Waals surface area contributed by atoms with Crippen molar-refractivity contribution in [3.8, 4) is 0 Å². The minimum atomic E-state index is -0.881. The Hall–Kier alpha value is -1.57. The maximum Gasteiger partial charge on any atom is 0.328 e.